The Labute approximate surface area is 112 Å². The summed E-state index contributed by atoms with van der Waals surface area (Å²) < 4.78 is 5.57. The summed E-state index contributed by atoms with van der Waals surface area (Å²) in [5, 5.41) is 13.3. The van der Waals surface area contributed by atoms with Gasteiger partial charge >= 0.3 is 0 Å². The van der Waals surface area contributed by atoms with Gasteiger partial charge < -0.3 is 20.1 Å². The average Bonchev–Trinajstić information content (AvgIpc) is 2.27. The molecular formula is C14H30N2O2. The van der Waals surface area contributed by atoms with Crippen LogP contribution in [0.2, 0.25) is 0 Å². The minimum absolute atomic E-state index is 0.178. The lowest BCUT2D eigenvalue weighted by atomic mass is 9.99. The summed E-state index contributed by atoms with van der Waals surface area (Å²) in [6.45, 7) is 10.4. The van der Waals surface area contributed by atoms with E-state index < -0.39 is 6.10 Å². The molecule has 3 atom stereocenters. The van der Waals surface area contributed by atoms with Crippen molar-refractivity contribution >= 4 is 0 Å². The Morgan fingerprint density at radius 3 is 2.67 bits per heavy atom. The van der Waals surface area contributed by atoms with Crippen LogP contribution >= 0.6 is 0 Å². The minimum Gasteiger partial charge on any atom is -0.389 e. The van der Waals surface area contributed by atoms with Crippen molar-refractivity contribution in [1.29, 1.82) is 0 Å². The molecule has 2 N–H and O–H groups in total. The quantitative estimate of drug-likeness (QED) is 0.779. The molecule has 4 heteroatoms. The second-order valence-corrected chi connectivity index (χ2v) is 6.54. The van der Waals surface area contributed by atoms with E-state index in [0.717, 1.165) is 19.4 Å². The van der Waals surface area contributed by atoms with Crippen LogP contribution in [0.25, 0.3) is 0 Å². The fourth-order valence-corrected chi connectivity index (χ4v) is 2.18. The molecule has 1 fully saturated rings. The summed E-state index contributed by atoms with van der Waals surface area (Å²) in [7, 11) is 2.17. The molecule has 0 aliphatic carbocycles. The SMILES string of the molecule is CC1CC(NCC(O)COC(C)(C)C)CCN1C. The Balaban J connectivity index is 2.16. The van der Waals surface area contributed by atoms with Gasteiger partial charge in [-0.2, -0.15) is 0 Å². The normalized spacial score (nSPS) is 28.3. The lowest BCUT2D eigenvalue weighted by Gasteiger charge is -2.35. The van der Waals surface area contributed by atoms with Gasteiger partial charge in [-0.15, -0.1) is 0 Å². The van der Waals surface area contributed by atoms with Crippen LogP contribution in [0.1, 0.15) is 40.5 Å². The number of nitrogens with one attached hydrogen (secondary N) is 1. The maximum atomic E-state index is 9.86. The van der Waals surface area contributed by atoms with Gasteiger partial charge in [-0.3, -0.25) is 0 Å². The van der Waals surface area contributed by atoms with Crippen LogP contribution in [0.4, 0.5) is 0 Å². The molecule has 0 aromatic heterocycles. The van der Waals surface area contributed by atoms with E-state index in [-0.39, 0.29) is 5.60 Å². The van der Waals surface area contributed by atoms with Crippen molar-refractivity contribution in [2.24, 2.45) is 0 Å². The van der Waals surface area contributed by atoms with Gasteiger partial charge in [0.05, 0.1) is 18.3 Å². The van der Waals surface area contributed by atoms with Gasteiger partial charge in [0.1, 0.15) is 0 Å². The first kappa shape index (κ1) is 15.9. The topological polar surface area (TPSA) is 44.7 Å². The zero-order valence-electron chi connectivity index (χ0n) is 12.6. The highest BCUT2D eigenvalue weighted by Gasteiger charge is 2.23. The van der Waals surface area contributed by atoms with Gasteiger partial charge in [-0.1, -0.05) is 0 Å². The first-order chi connectivity index (χ1) is 8.28. The molecular weight excluding hydrogens is 228 g/mol. The predicted molar refractivity (Wildman–Crippen MR) is 74.8 cm³/mol. The number of hydrogen-bond donors (Lipinski definition) is 2. The summed E-state index contributed by atoms with van der Waals surface area (Å²) in [6, 6.07) is 1.15. The summed E-state index contributed by atoms with van der Waals surface area (Å²) in [5.41, 5.74) is -0.178. The van der Waals surface area contributed by atoms with Gasteiger partial charge in [0.25, 0.3) is 0 Å². The molecule has 0 aromatic carbocycles. The van der Waals surface area contributed by atoms with E-state index in [0.29, 0.717) is 25.2 Å². The summed E-state index contributed by atoms with van der Waals surface area (Å²) >= 11 is 0. The van der Waals surface area contributed by atoms with E-state index in [1.54, 1.807) is 0 Å². The Morgan fingerprint density at radius 2 is 2.11 bits per heavy atom. The van der Waals surface area contributed by atoms with Crippen molar-refractivity contribution in [2.45, 2.75) is 64.3 Å². The first-order valence-corrected chi connectivity index (χ1v) is 7.03. The van der Waals surface area contributed by atoms with Gasteiger partial charge in [0, 0.05) is 18.6 Å². The number of nitrogens with zero attached hydrogens (tertiary/aromatic N) is 1. The molecule has 0 radical (unpaired) electrons. The van der Waals surface area contributed by atoms with Gasteiger partial charge in [-0.05, 0) is 54.1 Å². The average molecular weight is 258 g/mol. The maximum Gasteiger partial charge on any atom is 0.0898 e. The highest BCUT2D eigenvalue weighted by Crippen LogP contribution is 2.15. The predicted octanol–water partition coefficient (Wildman–Crippen LogP) is 1.23. The molecule has 1 rings (SSSR count). The number of rotatable bonds is 5. The Bertz CT molecular complexity index is 240. The number of likely N-dealkylation sites (tertiary alicyclic amines) is 1. The smallest absolute Gasteiger partial charge is 0.0898 e. The van der Waals surface area contributed by atoms with Crippen LogP contribution in [-0.2, 0) is 4.74 Å². The standard InChI is InChI=1S/C14H30N2O2/c1-11-8-12(6-7-16(11)5)15-9-13(17)10-18-14(2,3)4/h11-13,15,17H,6-10H2,1-5H3. The van der Waals surface area contributed by atoms with Crippen LogP contribution in [0.3, 0.4) is 0 Å². The lowest BCUT2D eigenvalue weighted by molar-refractivity contribution is -0.0488. The van der Waals surface area contributed by atoms with Crippen molar-refractivity contribution < 1.29 is 9.84 Å². The van der Waals surface area contributed by atoms with E-state index in [9.17, 15) is 5.11 Å². The molecule has 1 aliphatic heterocycles. The van der Waals surface area contributed by atoms with Crippen molar-refractivity contribution in [3.05, 3.63) is 0 Å². The minimum atomic E-state index is -0.417. The zero-order valence-corrected chi connectivity index (χ0v) is 12.6. The molecule has 0 aromatic rings. The van der Waals surface area contributed by atoms with E-state index in [2.05, 4.69) is 24.2 Å². The molecule has 1 saturated heterocycles. The monoisotopic (exact) mass is 258 g/mol. The third-order valence-corrected chi connectivity index (χ3v) is 3.56. The molecule has 0 saturated carbocycles. The van der Waals surface area contributed by atoms with Gasteiger partial charge in [0.2, 0.25) is 0 Å². The van der Waals surface area contributed by atoms with Crippen LogP contribution in [-0.4, -0.2) is 60.5 Å². The van der Waals surface area contributed by atoms with Crippen LogP contribution < -0.4 is 5.32 Å². The molecule has 1 aliphatic rings. The molecule has 3 unspecified atom stereocenters. The number of hydrogen-bond acceptors (Lipinski definition) is 4. The van der Waals surface area contributed by atoms with Crippen molar-refractivity contribution in [1.82, 2.24) is 10.2 Å². The fraction of sp³-hybridized carbons (Fsp3) is 1.00. The summed E-state index contributed by atoms with van der Waals surface area (Å²) in [6.07, 6.45) is 1.90. The molecule has 4 nitrogen and oxygen atoms in total. The van der Waals surface area contributed by atoms with Gasteiger partial charge in [0.15, 0.2) is 0 Å². The number of ether oxygens (including phenoxy) is 1. The van der Waals surface area contributed by atoms with Crippen molar-refractivity contribution in [3.8, 4) is 0 Å². The molecule has 0 bridgehead atoms. The molecule has 0 amide bonds. The van der Waals surface area contributed by atoms with Gasteiger partial charge in [-0.25, -0.2) is 0 Å². The highest BCUT2D eigenvalue weighted by molar-refractivity contribution is 4.81. The van der Waals surface area contributed by atoms with Crippen LogP contribution in [0.5, 0.6) is 0 Å². The molecule has 18 heavy (non-hydrogen) atoms. The molecule has 108 valence electrons. The van der Waals surface area contributed by atoms with Crippen LogP contribution in [0, 0.1) is 0 Å². The molecule has 0 spiro atoms. The zero-order chi connectivity index (χ0) is 13.8. The number of piperidine rings is 1. The van der Waals surface area contributed by atoms with E-state index in [1.807, 2.05) is 20.8 Å². The first-order valence-electron chi connectivity index (χ1n) is 7.03. The second-order valence-electron chi connectivity index (χ2n) is 6.54. The Kier molecular flexibility index (Phi) is 6.05. The Hall–Kier alpha value is -0.160. The van der Waals surface area contributed by atoms with Crippen molar-refractivity contribution in [3.63, 3.8) is 0 Å². The number of aliphatic hydroxyl groups is 1. The Morgan fingerprint density at radius 1 is 1.44 bits per heavy atom. The van der Waals surface area contributed by atoms with E-state index in [1.165, 1.54) is 0 Å². The fourth-order valence-electron chi connectivity index (χ4n) is 2.18. The third kappa shape index (κ3) is 6.14. The summed E-state index contributed by atoms with van der Waals surface area (Å²) in [4.78, 5) is 2.39. The largest absolute Gasteiger partial charge is 0.389 e. The maximum absolute atomic E-state index is 9.86. The third-order valence-electron chi connectivity index (χ3n) is 3.56. The molecule has 1 heterocycles. The van der Waals surface area contributed by atoms with Crippen LogP contribution in [0.15, 0.2) is 0 Å². The number of aliphatic hydroxyl groups excluding tert-OH is 1. The van der Waals surface area contributed by atoms with E-state index in [4.69, 9.17) is 4.74 Å². The second kappa shape index (κ2) is 6.85. The summed E-state index contributed by atoms with van der Waals surface area (Å²) in [5.74, 6) is 0. The lowest BCUT2D eigenvalue weighted by Crippen LogP contribution is -2.47. The van der Waals surface area contributed by atoms with E-state index >= 15 is 0 Å². The van der Waals surface area contributed by atoms with Crippen molar-refractivity contribution in [2.75, 3.05) is 26.7 Å². The highest BCUT2D eigenvalue weighted by atomic mass is 16.5.